The average Bonchev–Trinajstić information content (AvgIpc) is 2.89. The molecule has 0 radical (unpaired) electrons. The summed E-state index contributed by atoms with van der Waals surface area (Å²) in [7, 11) is 0. The van der Waals surface area contributed by atoms with Crippen molar-refractivity contribution in [1.82, 2.24) is 0 Å². The second-order valence-corrected chi connectivity index (χ2v) is 9.40. The molecule has 4 rings (SSSR count). The first-order valence-electron chi connectivity index (χ1n) is 12.8. The number of benzene rings is 3. The van der Waals surface area contributed by atoms with Crippen LogP contribution >= 0.6 is 0 Å². The van der Waals surface area contributed by atoms with E-state index >= 15 is 0 Å². The highest BCUT2D eigenvalue weighted by Gasteiger charge is 2.20. The highest BCUT2D eigenvalue weighted by molar-refractivity contribution is 5.70. The van der Waals surface area contributed by atoms with E-state index in [0.717, 1.165) is 31.3 Å². The van der Waals surface area contributed by atoms with Gasteiger partial charge in [-0.15, -0.1) is 0 Å². The molecule has 0 amide bonds. The van der Waals surface area contributed by atoms with E-state index < -0.39 is 0 Å². The van der Waals surface area contributed by atoms with Crippen LogP contribution in [0.3, 0.4) is 0 Å². The topological polar surface area (TPSA) is 9.23 Å². The second-order valence-electron chi connectivity index (χ2n) is 9.40. The third-order valence-electron chi connectivity index (χ3n) is 6.92. The molecular formula is C32H38O. The number of ether oxygens (including phenoxy) is 1. The van der Waals surface area contributed by atoms with Gasteiger partial charge in [0.05, 0.1) is 6.61 Å². The van der Waals surface area contributed by atoms with E-state index in [2.05, 4.69) is 98.8 Å². The van der Waals surface area contributed by atoms with Gasteiger partial charge in [-0.05, 0) is 83.7 Å². The number of hydrogen-bond acceptors (Lipinski definition) is 1. The molecular weight excluding hydrogens is 400 g/mol. The van der Waals surface area contributed by atoms with Crippen LogP contribution in [-0.4, -0.2) is 6.61 Å². The fourth-order valence-corrected chi connectivity index (χ4v) is 4.90. The van der Waals surface area contributed by atoms with Crippen LogP contribution in [0.1, 0.15) is 69.4 Å². The van der Waals surface area contributed by atoms with Gasteiger partial charge in [-0.25, -0.2) is 0 Å². The Morgan fingerprint density at radius 3 is 1.73 bits per heavy atom. The maximum absolute atomic E-state index is 5.64. The van der Waals surface area contributed by atoms with E-state index in [1.165, 1.54) is 59.1 Å². The average molecular weight is 439 g/mol. The van der Waals surface area contributed by atoms with Gasteiger partial charge in [-0.1, -0.05) is 98.8 Å². The quantitative estimate of drug-likeness (QED) is 0.239. The first-order valence-corrected chi connectivity index (χ1v) is 12.8. The van der Waals surface area contributed by atoms with Crippen LogP contribution in [0.2, 0.25) is 0 Å². The molecule has 3 aromatic rings. The zero-order chi connectivity index (χ0) is 22.9. The molecule has 0 atom stereocenters. The van der Waals surface area contributed by atoms with E-state index in [4.69, 9.17) is 4.74 Å². The monoisotopic (exact) mass is 438 g/mol. The van der Waals surface area contributed by atoms with Gasteiger partial charge in [0, 0.05) is 6.61 Å². The Balaban J connectivity index is 1.36. The third kappa shape index (κ3) is 6.45. The second kappa shape index (κ2) is 12.0. The van der Waals surface area contributed by atoms with Gasteiger partial charge in [0.15, 0.2) is 0 Å². The van der Waals surface area contributed by atoms with Crippen molar-refractivity contribution in [2.45, 2.75) is 64.9 Å². The zero-order valence-corrected chi connectivity index (χ0v) is 20.3. The SMILES string of the molecule is CC/C=C/C1CCC(c2ccc(-c3ccc(-c4ccc(COCCC)cc4)cc3)cc2)CC1. The smallest absolute Gasteiger partial charge is 0.0716 e. The minimum Gasteiger partial charge on any atom is -0.377 e. The Morgan fingerprint density at radius 1 is 0.697 bits per heavy atom. The molecule has 0 heterocycles. The molecule has 1 aliphatic rings. The largest absolute Gasteiger partial charge is 0.377 e. The minimum absolute atomic E-state index is 0.695. The lowest BCUT2D eigenvalue weighted by Gasteiger charge is -2.27. The molecule has 0 N–H and O–H groups in total. The summed E-state index contributed by atoms with van der Waals surface area (Å²) in [6, 6.07) is 27.0. The van der Waals surface area contributed by atoms with Crippen molar-refractivity contribution in [3.8, 4) is 22.3 Å². The fraction of sp³-hybridized carbons (Fsp3) is 0.375. The first-order chi connectivity index (χ1) is 16.3. The molecule has 172 valence electrons. The van der Waals surface area contributed by atoms with E-state index in [0.29, 0.717) is 6.61 Å². The molecule has 0 aliphatic heterocycles. The standard InChI is InChI=1S/C32H38O/c1-3-5-6-25-7-11-27(12-8-25)29-15-19-31(20-16-29)32-21-17-30(18-22-32)28-13-9-26(10-14-28)24-33-23-4-2/h5-6,9-10,13-22,25,27H,3-4,7-8,11-12,23-24H2,1-2H3/b6-5+. The van der Waals surface area contributed by atoms with Crippen molar-refractivity contribution >= 4 is 0 Å². The Hall–Kier alpha value is -2.64. The van der Waals surface area contributed by atoms with Crippen molar-refractivity contribution in [3.63, 3.8) is 0 Å². The molecule has 1 fully saturated rings. The first kappa shape index (κ1) is 23.5. The van der Waals surface area contributed by atoms with Gasteiger partial charge in [0.25, 0.3) is 0 Å². The summed E-state index contributed by atoms with van der Waals surface area (Å²) in [4.78, 5) is 0. The zero-order valence-electron chi connectivity index (χ0n) is 20.3. The lowest BCUT2D eigenvalue weighted by atomic mass is 9.78. The summed E-state index contributed by atoms with van der Waals surface area (Å²) in [5.41, 5.74) is 7.83. The number of rotatable bonds is 9. The van der Waals surface area contributed by atoms with Crippen LogP contribution in [0, 0.1) is 5.92 Å². The molecule has 1 aliphatic carbocycles. The van der Waals surface area contributed by atoms with Crippen molar-refractivity contribution < 1.29 is 4.74 Å². The van der Waals surface area contributed by atoms with Gasteiger partial charge in [0.2, 0.25) is 0 Å². The molecule has 33 heavy (non-hydrogen) atoms. The predicted molar refractivity (Wildman–Crippen MR) is 141 cm³/mol. The highest BCUT2D eigenvalue weighted by atomic mass is 16.5. The van der Waals surface area contributed by atoms with Crippen molar-refractivity contribution in [2.75, 3.05) is 6.61 Å². The Kier molecular flexibility index (Phi) is 8.55. The third-order valence-corrected chi connectivity index (χ3v) is 6.92. The van der Waals surface area contributed by atoms with Crippen LogP contribution in [-0.2, 0) is 11.3 Å². The van der Waals surface area contributed by atoms with E-state index in [1.807, 2.05) is 0 Å². The highest BCUT2D eigenvalue weighted by Crippen LogP contribution is 2.37. The summed E-state index contributed by atoms with van der Waals surface area (Å²) in [5, 5.41) is 0. The van der Waals surface area contributed by atoms with Crippen LogP contribution in [0.5, 0.6) is 0 Å². The number of allylic oxidation sites excluding steroid dienone is 2. The summed E-state index contributed by atoms with van der Waals surface area (Å²) < 4.78 is 5.64. The Bertz CT molecular complexity index is 988. The van der Waals surface area contributed by atoms with Crippen LogP contribution in [0.25, 0.3) is 22.3 Å². The Morgan fingerprint density at radius 2 is 1.21 bits per heavy atom. The van der Waals surface area contributed by atoms with E-state index in [1.54, 1.807) is 0 Å². The van der Waals surface area contributed by atoms with Gasteiger partial charge < -0.3 is 4.74 Å². The molecule has 0 saturated heterocycles. The van der Waals surface area contributed by atoms with Gasteiger partial charge in [-0.3, -0.25) is 0 Å². The van der Waals surface area contributed by atoms with Crippen LogP contribution < -0.4 is 0 Å². The molecule has 0 aromatic heterocycles. The van der Waals surface area contributed by atoms with E-state index in [9.17, 15) is 0 Å². The van der Waals surface area contributed by atoms with Crippen LogP contribution in [0.4, 0.5) is 0 Å². The van der Waals surface area contributed by atoms with Gasteiger partial charge in [-0.2, -0.15) is 0 Å². The van der Waals surface area contributed by atoms with Crippen molar-refractivity contribution in [2.24, 2.45) is 5.92 Å². The van der Waals surface area contributed by atoms with Gasteiger partial charge >= 0.3 is 0 Å². The normalized spacial score (nSPS) is 18.6. The molecule has 1 saturated carbocycles. The van der Waals surface area contributed by atoms with Crippen LogP contribution in [0.15, 0.2) is 84.9 Å². The molecule has 1 heteroatoms. The molecule has 0 spiro atoms. The molecule has 1 nitrogen and oxygen atoms in total. The maximum Gasteiger partial charge on any atom is 0.0716 e. The summed E-state index contributed by atoms with van der Waals surface area (Å²) >= 11 is 0. The molecule has 0 unspecified atom stereocenters. The maximum atomic E-state index is 5.64. The Labute approximate surface area is 200 Å². The lowest BCUT2D eigenvalue weighted by molar-refractivity contribution is 0.121. The summed E-state index contributed by atoms with van der Waals surface area (Å²) in [6.07, 6.45) is 12.3. The van der Waals surface area contributed by atoms with Crippen molar-refractivity contribution in [1.29, 1.82) is 0 Å². The summed E-state index contributed by atoms with van der Waals surface area (Å²) in [6.45, 7) is 5.88. The predicted octanol–water partition coefficient (Wildman–Crippen LogP) is 9.19. The minimum atomic E-state index is 0.695. The molecule has 3 aromatic carbocycles. The fourth-order valence-electron chi connectivity index (χ4n) is 4.90. The molecule has 0 bridgehead atoms. The summed E-state index contributed by atoms with van der Waals surface area (Å²) in [5.74, 6) is 1.52. The van der Waals surface area contributed by atoms with Crippen molar-refractivity contribution in [3.05, 3.63) is 96.1 Å². The lowest BCUT2D eigenvalue weighted by Crippen LogP contribution is -2.11. The number of hydrogen-bond donors (Lipinski definition) is 0. The van der Waals surface area contributed by atoms with E-state index in [-0.39, 0.29) is 0 Å². The van der Waals surface area contributed by atoms with Gasteiger partial charge in [0.1, 0.15) is 0 Å².